The Morgan fingerprint density at radius 3 is 1.37 bits per heavy atom. The second-order valence-corrected chi connectivity index (χ2v) is 16.5. The number of benzene rings is 7. The highest BCUT2D eigenvalue weighted by atomic mass is 31.2. The SMILES string of the molecule is N#CC1=CC(c2ccc(N3c4ccc(-c5ccccc5)cc4Oc4cc(-c5ccccc5)ccc43)cc2)=CC(C#N)=P1(c1ccccc1)c1ccccc1. The minimum atomic E-state index is -2.67. The molecule has 5 heteroatoms. The first-order chi connectivity index (χ1) is 26.7. The Kier molecular flexibility index (Phi) is 8.38. The van der Waals surface area contributed by atoms with Gasteiger partial charge < -0.3 is 9.64 Å². The Morgan fingerprint density at radius 2 is 0.907 bits per heavy atom. The van der Waals surface area contributed by atoms with Crippen molar-refractivity contribution >= 4 is 45.4 Å². The first kappa shape index (κ1) is 32.8. The van der Waals surface area contributed by atoms with Crippen LogP contribution in [-0.2, 0) is 0 Å². The van der Waals surface area contributed by atoms with E-state index in [0.29, 0.717) is 10.6 Å². The third-order valence-corrected chi connectivity index (χ3v) is 14.2. The highest BCUT2D eigenvalue weighted by molar-refractivity contribution is 7.93. The molecule has 0 N–H and O–H groups in total. The molecular weight excluding hydrogens is 678 g/mol. The summed E-state index contributed by atoms with van der Waals surface area (Å²) in [6, 6.07) is 66.9. The summed E-state index contributed by atoms with van der Waals surface area (Å²) >= 11 is 0. The average molecular weight is 710 g/mol. The minimum absolute atomic E-state index is 0.609. The van der Waals surface area contributed by atoms with Crippen LogP contribution < -0.4 is 20.2 Å². The fourth-order valence-electron chi connectivity index (χ4n) is 7.56. The second kappa shape index (κ2) is 13.8. The lowest BCUT2D eigenvalue weighted by Gasteiger charge is -2.34. The molecule has 9 rings (SSSR count). The average Bonchev–Trinajstić information content (AvgIpc) is 3.26. The third kappa shape index (κ3) is 5.55. The number of nitrogens with zero attached hydrogens (tertiary/aromatic N) is 3. The summed E-state index contributed by atoms with van der Waals surface area (Å²) in [4.78, 5) is 2.24. The van der Waals surface area contributed by atoms with Crippen LogP contribution in [0.3, 0.4) is 0 Å². The van der Waals surface area contributed by atoms with Gasteiger partial charge in [-0.15, -0.1) is 0 Å². The fourth-order valence-corrected chi connectivity index (χ4v) is 11.4. The predicted molar refractivity (Wildman–Crippen MR) is 223 cm³/mol. The van der Waals surface area contributed by atoms with Gasteiger partial charge in [-0.25, -0.2) is 0 Å². The van der Waals surface area contributed by atoms with E-state index in [4.69, 9.17) is 4.74 Å². The Morgan fingerprint density at radius 1 is 0.444 bits per heavy atom. The zero-order chi connectivity index (χ0) is 36.5. The number of fused-ring (bicyclic) bond motifs is 2. The maximum atomic E-state index is 10.8. The van der Waals surface area contributed by atoms with Gasteiger partial charge in [0.2, 0.25) is 0 Å². The molecule has 7 aromatic carbocycles. The van der Waals surface area contributed by atoms with Crippen LogP contribution in [0, 0.1) is 22.7 Å². The van der Waals surface area contributed by atoms with Gasteiger partial charge >= 0.3 is 0 Å². The first-order valence-corrected chi connectivity index (χ1v) is 19.6. The smallest absolute Gasteiger partial charge is 0.152 e. The summed E-state index contributed by atoms with van der Waals surface area (Å²) in [5.41, 5.74) is 8.98. The van der Waals surface area contributed by atoms with E-state index >= 15 is 0 Å². The van der Waals surface area contributed by atoms with E-state index in [1.165, 1.54) is 0 Å². The van der Waals surface area contributed by atoms with Crippen LogP contribution in [0.1, 0.15) is 5.56 Å². The monoisotopic (exact) mass is 709 g/mol. The Hall–Kier alpha value is -7.10. The van der Waals surface area contributed by atoms with Gasteiger partial charge in [-0.1, -0.05) is 146 Å². The summed E-state index contributed by atoms with van der Waals surface area (Å²) in [6.45, 7) is -2.67. The van der Waals surface area contributed by atoms with Crippen LogP contribution in [-0.4, -0.2) is 5.29 Å². The standard InChI is InChI=1S/C49H32N3OP/c50-33-44-29-40(30-45(34-51)54(44,42-17-9-3-10-18-42)43-19-11-4-12-20-43)37-21-25-41(26-22-37)52-46-27-23-38(35-13-5-1-6-14-35)31-48(46)53-49-32-39(24-28-47(49)52)36-15-7-2-8-16-36/h1-32H. The van der Waals surface area contributed by atoms with E-state index in [9.17, 15) is 10.5 Å². The molecule has 0 saturated heterocycles. The minimum Gasteiger partial charge on any atom is -0.453 e. The molecule has 0 amide bonds. The van der Waals surface area contributed by atoms with Gasteiger partial charge in [-0.3, -0.25) is 0 Å². The molecule has 54 heavy (non-hydrogen) atoms. The van der Waals surface area contributed by atoms with Crippen molar-refractivity contribution in [3.8, 4) is 45.9 Å². The highest BCUT2D eigenvalue weighted by Gasteiger charge is 2.34. The Balaban J connectivity index is 1.16. The van der Waals surface area contributed by atoms with E-state index in [1.54, 1.807) is 0 Å². The summed E-state index contributed by atoms with van der Waals surface area (Å²) in [7, 11) is 0. The topological polar surface area (TPSA) is 60.1 Å². The van der Waals surface area contributed by atoms with Crippen molar-refractivity contribution in [1.82, 2.24) is 0 Å². The second-order valence-electron chi connectivity index (χ2n) is 13.2. The van der Waals surface area contributed by atoms with Crippen molar-refractivity contribution in [1.29, 1.82) is 10.5 Å². The Bertz CT molecular complexity index is 2610. The summed E-state index contributed by atoms with van der Waals surface area (Å²) < 4.78 is 6.69. The lowest BCUT2D eigenvalue weighted by molar-refractivity contribution is 0.477. The largest absolute Gasteiger partial charge is 0.453 e. The number of rotatable bonds is 6. The van der Waals surface area contributed by atoms with Crippen LogP contribution >= 0.6 is 6.89 Å². The number of hydrogen-bond acceptors (Lipinski definition) is 4. The quantitative estimate of drug-likeness (QED) is 0.161. The van der Waals surface area contributed by atoms with Crippen molar-refractivity contribution in [2.24, 2.45) is 0 Å². The molecule has 0 aromatic heterocycles. The van der Waals surface area contributed by atoms with Crippen LogP contribution in [0.5, 0.6) is 11.5 Å². The van der Waals surface area contributed by atoms with Gasteiger partial charge in [0.05, 0.1) is 22.0 Å². The number of nitriles is 2. The van der Waals surface area contributed by atoms with Crippen LogP contribution in [0.4, 0.5) is 17.1 Å². The molecule has 0 fully saturated rings. The Labute approximate surface area is 315 Å². The summed E-state index contributed by atoms with van der Waals surface area (Å²) in [5.74, 6) is 1.54. The van der Waals surface area contributed by atoms with E-state index in [1.807, 2.05) is 109 Å². The molecule has 0 atom stereocenters. The summed E-state index contributed by atoms with van der Waals surface area (Å²) in [6.07, 6.45) is 3.97. The number of allylic oxidation sites excluding steroid dienone is 4. The van der Waals surface area contributed by atoms with Crippen molar-refractivity contribution in [3.63, 3.8) is 0 Å². The molecule has 254 valence electrons. The van der Waals surface area contributed by atoms with Gasteiger partial charge in [-0.2, -0.15) is 10.5 Å². The predicted octanol–water partition coefficient (Wildman–Crippen LogP) is 11.8. The maximum Gasteiger partial charge on any atom is 0.152 e. The van der Waals surface area contributed by atoms with E-state index in [2.05, 4.69) is 102 Å². The van der Waals surface area contributed by atoms with E-state index < -0.39 is 6.89 Å². The van der Waals surface area contributed by atoms with Gasteiger partial charge in [0.1, 0.15) is 12.1 Å². The molecule has 2 heterocycles. The van der Waals surface area contributed by atoms with Gasteiger partial charge in [0.25, 0.3) is 0 Å². The van der Waals surface area contributed by atoms with Crippen molar-refractivity contribution in [3.05, 3.63) is 205 Å². The molecule has 0 bridgehead atoms. The van der Waals surface area contributed by atoms with Crippen LogP contribution in [0.2, 0.25) is 0 Å². The molecule has 0 spiro atoms. The van der Waals surface area contributed by atoms with Crippen LogP contribution in [0.25, 0.3) is 27.8 Å². The van der Waals surface area contributed by atoms with E-state index in [-0.39, 0.29) is 0 Å². The maximum absolute atomic E-state index is 10.8. The fraction of sp³-hybridized carbons (Fsp3) is 0. The van der Waals surface area contributed by atoms with Gasteiger partial charge in [-0.05, 0) is 92.5 Å². The van der Waals surface area contributed by atoms with E-state index in [0.717, 1.165) is 72.6 Å². The van der Waals surface area contributed by atoms with Crippen LogP contribution in [0.15, 0.2) is 199 Å². The molecule has 0 radical (unpaired) electrons. The van der Waals surface area contributed by atoms with Crippen molar-refractivity contribution in [2.75, 3.05) is 4.90 Å². The lowest BCUT2D eigenvalue weighted by Crippen LogP contribution is -2.24. The summed E-state index contributed by atoms with van der Waals surface area (Å²) in [5, 5.41) is 24.7. The molecule has 7 aromatic rings. The van der Waals surface area contributed by atoms with Crippen molar-refractivity contribution in [2.45, 2.75) is 0 Å². The lowest BCUT2D eigenvalue weighted by atomic mass is 10.00. The first-order valence-electron chi connectivity index (χ1n) is 17.8. The zero-order valence-corrected chi connectivity index (χ0v) is 30.1. The molecule has 0 aliphatic carbocycles. The molecule has 0 unspecified atom stereocenters. The van der Waals surface area contributed by atoms with Gasteiger partial charge in [0.15, 0.2) is 11.5 Å². The molecule has 2 aliphatic rings. The highest BCUT2D eigenvalue weighted by Crippen LogP contribution is 2.58. The van der Waals surface area contributed by atoms with Gasteiger partial charge in [0, 0.05) is 12.6 Å². The molecule has 4 nitrogen and oxygen atoms in total. The zero-order valence-electron chi connectivity index (χ0n) is 29.2. The van der Waals surface area contributed by atoms with Crippen molar-refractivity contribution < 1.29 is 4.74 Å². The number of anilines is 3. The third-order valence-electron chi connectivity index (χ3n) is 10.1. The number of ether oxygens (including phenoxy) is 1. The molecule has 0 saturated carbocycles. The number of hydrogen-bond donors (Lipinski definition) is 0. The normalized spacial score (nSPS) is 14.0. The molecule has 2 aliphatic heterocycles. The molecular formula is C49H32N3OP.